The Morgan fingerprint density at radius 2 is 1.82 bits per heavy atom. The summed E-state index contributed by atoms with van der Waals surface area (Å²) < 4.78 is 66.6. The number of esters is 1. The lowest BCUT2D eigenvalue weighted by Crippen LogP contribution is -2.42. The summed E-state index contributed by atoms with van der Waals surface area (Å²) in [4.78, 5) is 12.4. The second kappa shape index (κ2) is 10.3. The molecule has 0 unspecified atom stereocenters. The van der Waals surface area contributed by atoms with E-state index in [0.29, 0.717) is 16.7 Å². The average Bonchev–Trinajstić information content (AvgIpc) is 3.55. The highest BCUT2D eigenvalue weighted by molar-refractivity contribution is 7.90. The number of benzene rings is 2. The molecule has 0 heterocycles. The van der Waals surface area contributed by atoms with E-state index in [2.05, 4.69) is 4.72 Å². The summed E-state index contributed by atoms with van der Waals surface area (Å²) in [5.41, 5.74) is 1.10. The first kappa shape index (κ1) is 26.6. The molecule has 1 saturated carbocycles. The topological polar surface area (TPSA) is 61.4 Å². The lowest BCUT2D eigenvalue weighted by molar-refractivity contribution is -0.143. The molecule has 0 radical (unpaired) electrons. The van der Waals surface area contributed by atoms with Crippen molar-refractivity contribution in [3.05, 3.63) is 57.9 Å². The maximum atomic E-state index is 16.2. The number of hydrogen-bond donors (Lipinski definition) is 1. The van der Waals surface area contributed by atoms with Crippen molar-refractivity contribution in [2.75, 3.05) is 6.61 Å². The number of rotatable bonds is 8. The van der Waals surface area contributed by atoms with E-state index < -0.39 is 52.0 Å². The summed E-state index contributed by atoms with van der Waals surface area (Å²) in [6.45, 7) is 10.1. The third-order valence-electron chi connectivity index (χ3n) is 6.06. The Morgan fingerprint density at radius 1 is 1.18 bits per heavy atom. The van der Waals surface area contributed by atoms with Crippen LogP contribution >= 0.6 is 0 Å². The van der Waals surface area contributed by atoms with Crippen molar-refractivity contribution in [2.45, 2.75) is 77.5 Å². The SMILES string of the molecule is CCOC(=O)C[C@H](N[S@+]([O-])C(C)(C)C)c1c(F)c(-c2cccc(F)c2C)c(C)c(C2CC2)c1F. The molecule has 34 heavy (non-hydrogen) atoms. The Labute approximate surface area is 202 Å². The van der Waals surface area contributed by atoms with Gasteiger partial charge in [-0.2, -0.15) is 0 Å². The molecule has 186 valence electrons. The molecule has 3 rings (SSSR count). The van der Waals surface area contributed by atoms with Crippen LogP contribution in [0.4, 0.5) is 13.2 Å². The Hall–Kier alpha value is -2.03. The molecule has 0 aliphatic heterocycles. The van der Waals surface area contributed by atoms with Crippen molar-refractivity contribution < 1.29 is 27.3 Å². The minimum Gasteiger partial charge on any atom is -0.598 e. The van der Waals surface area contributed by atoms with Crippen molar-refractivity contribution in [3.63, 3.8) is 0 Å². The van der Waals surface area contributed by atoms with Crippen molar-refractivity contribution in [3.8, 4) is 11.1 Å². The van der Waals surface area contributed by atoms with E-state index in [-0.39, 0.29) is 29.2 Å². The second-order valence-corrected chi connectivity index (χ2v) is 11.7. The molecule has 2 aromatic rings. The smallest absolute Gasteiger partial charge is 0.307 e. The van der Waals surface area contributed by atoms with E-state index in [1.54, 1.807) is 47.6 Å². The standard InChI is InChI=1S/C26H32F3NO3S/c1-7-33-20(31)13-19(30-34(32)26(4,5)6)23-24(28)21(16-11-12-16)15(3)22(25(23)29)17-9-8-10-18(27)14(17)2/h8-10,16,19,30H,7,11-13H2,1-6H3/t19-,34+/m0/s1. The first-order chi connectivity index (χ1) is 15.9. The van der Waals surface area contributed by atoms with Crippen molar-refractivity contribution in [1.29, 1.82) is 0 Å². The van der Waals surface area contributed by atoms with Gasteiger partial charge in [-0.15, -0.1) is 4.72 Å². The minimum absolute atomic E-state index is 0.0803. The third kappa shape index (κ3) is 5.44. The molecule has 1 N–H and O–H groups in total. The largest absolute Gasteiger partial charge is 0.598 e. The van der Waals surface area contributed by atoms with Crippen LogP contribution in [0.1, 0.15) is 81.2 Å². The highest BCUT2D eigenvalue weighted by atomic mass is 32.2. The minimum atomic E-state index is -1.72. The van der Waals surface area contributed by atoms with Crippen molar-refractivity contribution in [1.82, 2.24) is 4.72 Å². The van der Waals surface area contributed by atoms with Gasteiger partial charge in [-0.1, -0.05) is 12.1 Å². The van der Waals surface area contributed by atoms with Crippen LogP contribution in [0, 0.1) is 31.3 Å². The fraction of sp³-hybridized carbons (Fsp3) is 0.500. The number of halogens is 3. The maximum absolute atomic E-state index is 16.2. The van der Waals surface area contributed by atoms with Gasteiger partial charge < -0.3 is 9.29 Å². The predicted octanol–water partition coefficient (Wildman–Crippen LogP) is 6.31. The molecule has 0 spiro atoms. The zero-order valence-electron chi connectivity index (χ0n) is 20.5. The van der Waals surface area contributed by atoms with Crippen LogP contribution in [-0.2, 0) is 20.9 Å². The molecule has 0 aromatic heterocycles. The molecule has 8 heteroatoms. The third-order valence-corrected chi connectivity index (χ3v) is 7.67. The average molecular weight is 496 g/mol. The van der Waals surface area contributed by atoms with Crippen LogP contribution in [-0.4, -0.2) is 21.9 Å². The highest BCUT2D eigenvalue weighted by Crippen LogP contribution is 2.48. The van der Waals surface area contributed by atoms with E-state index in [4.69, 9.17) is 4.74 Å². The molecule has 2 atom stereocenters. The second-order valence-electron chi connectivity index (χ2n) is 9.70. The van der Waals surface area contributed by atoms with Gasteiger partial charge in [0.2, 0.25) is 0 Å². The molecular formula is C26H32F3NO3S. The van der Waals surface area contributed by atoms with E-state index >= 15 is 8.78 Å². The zero-order chi connectivity index (χ0) is 25.4. The normalized spacial score (nSPS) is 15.8. The summed E-state index contributed by atoms with van der Waals surface area (Å²) in [5.74, 6) is -2.88. The molecule has 1 aliphatic carbocycles. The summed E-state index contributed by atoms with van der Waals surface area (Å²) >= 11 is -1.72. The molecular weight excluding hydrogens is 463 g/mol. The van der Waals surface area contributed by atoms with Gasteiger partial charge in [0.05, 0.1) is 19.1 Å². The van der Waals surface area contributed by atoms with Crippen LogP contribution in [0.3, 0.4) is 0 Å². The Kier molecular flexibility index (Phi) is 8.05. The fourth-order valence-corrected chi connectivity index (χ4v) is 4.91. The summed E-state index contributed by atoms with van der Waals surface area (Å²) in [6, 6.07) is 3.14. The number of carbonyl (C=O) groups is 1. The van der Waals surface area contributed by atoms with Crippen LogP contribution in [0.15, 0.2) is 18.2 Å². The van der Waals surface area contributed by atoms with Crippen LogP contribution in [0.25, 0.3) is 11.1 Å². The van der Waals surface area contributed by atoms with Gasteiger partial charge in [-0.05, 0) is 88.6 Å². The summed E-state index contributed by atoms with van der Waals surface area (Å²) in [6.07, 6.45) is 1.11. The van der Waals surface area contributed by atoms with Gasteiger partial charge in [0.15, 0.2) is 0 Å². The Morgan fingerprint density at radius 3 is 2.38 bits per heavy atom. The highest BCUT2D eigenvalue weighted by Gasteiger charge is 2.39. The van der Waals surface area contributed by atoms with Gasteiger partial charge in [0, 0.05) is 22.5 Å². The number of nitrogens with one attached hydrogen (secondary N) is 1. The van der Waals surface area contributed by atoms with E-state index in [1.165, 1.54) is 12.1 Å². The molecule has 0 saturated heterocycles. The van der Waals surface area contributed by atoms with Gasteiger partial charge >= 0.3 is 5.97 Å². The van der Waals surface area contributed by atoms with E-state index in [9.17, 15) is 13.7 Å². The Bertz CT molecular complexity index is 1080. The number of ether oxygens (including phenoxy) is 1. The molecule has 1 fully saturated rings. The molecule has 4 nitrogen and oxygen atoms in total. The first-order valence-electron chi connectivity index (χ1n) is 11.5. The summed E-state index contributed by atoms with van der Waals surface area (Å²) in [7, 11) is 0. The van der Waals surface area contributed by atoms with Gasteiger partial charge in [0.25, 0.3) is 0 Å². The van der Waals surface area contributed by atoms with Gasteiger partial charge in [-0.3, -0.25) is 4.79 Å². The zero-order valence-corrected chi connectivity index (χ0v) is 21.3. The molecule has 2 aromatic carbocycles. The quantitative estimate of drug-likeness (QED) is 0.344. The van der Waals surface area contributed by atoms with Gasteiger partial charge in [-0.25, -0.2) is 13.2 Å². The summed E-state index contributed by atoms with van der Waals surface area (Å²) in [5, 5.41) is 0. The van der Waals surface area contributed by atoms with E-state index in [1.807, 2.05) is 0 Å². The predicted molar refractivity (Wildman–Crippen MR) is 128 cm³/mol. The first-order valence-corrected chi connectivity index (χ1v) is 12.6. The van der Waals surface area contributed by atoms with Crippen molar-refractivity contribution in [2.24, 2.45) is 0 Å². The lowest BCUT2D eigenvalue weighted by Gasteiger charge is -2.29. The maximum Gasteiger partial charge on any atom is 0.307 e. The van der Waals surface area contributed by atoms with Gasteiger partial charge in [0.1, 0.15) is 22.2 Å². The van der Waals surface area contributed by atoms with Crippen LogP contribution in [0.2, 0.25) is 0 Å². The number of carbonyl (C=O) groups excluding carboxylic acids is 1. The number of hydrogen-bond acceptors (Lipinski definition) is 4. The van der Waals surface area contributed by atoms with Crippen LogP contribution < -0.4 is 4.72 Å². The van der Waals surface area contributed by atoms with Crippen molar-refractivity contribution >= 4 is 17.3 Å². The Balaban J connectivity index is 2.27. The van der Waals surface area contributed by atoms with Crippen LogP contribution in [0.5, 0.6) is 0 Å². The fourth-order valence-electron chi connectivity index (χ4n) is 4.10. The molecule has 0 bridgehead atoms. The molecule has 0 amide bonds. The monoisotopic (exact) mass is 495 g/mol. The molecule has 1 aliphatic rings. The lowest BCUT2D eigenvalue weighted by atomic mass is 9.86. The van der Waals surface area contributed by atoms with E-state index in [0.717, 1.165) is 12.8 Å².